The maximum Gasteiger partial charge on any atom is 0.265 e. The third-order valence-corrected chi connectivity index (χ3v) is 5.77. The lowest BCUT2D eigenvalue weighted by atomic mass is 10.1. The van der Waals surface area contributed by atoms with E-state index in [0.717, 1.165) is 12.8 Å². The highest BCUT2D eigenvalue weighted by Crippen LogP contribution is 2.32. The first-order chi connectivity index (χ1) is 11.4. The van der Waals surface area contributed by atoms with Gasteiger partial charge in [0, 0.05) is 13.2 Å². The van der Waals surface area contributed by atoms with Gasteiger partial charge in [-0.2, -0.15) is 5.10 Å². The lowest BCUT2D eigenvalue weighted by Gasteiger charge is -2.23. The molecule has 9 heteroatoms. The maximum absolute atomic E-state index is 12.5. The van der Waals surface area contributed by atoms with Crippen molar-refractivity contribution < 1.29 is 18.3 Å². The first-order valence-electron chi connectivity index (χ1n) is 7.52. The van der Waals surface area contributed by atoms with Gasteiger partial charge in [0.15, 0.2) is 5.75 Å². The van der Waals surface area contributed by atoms with Crippen LogP contribution in [0.1, 0.15) is 24.6 Å². The summed E-state index contributed by atoms with van der Waals surface area (Å²) in [6, 6.07) is 4.37. The molecule has 0 aliphatic carbocycles. The van der Waals surface area contributed by atoms with E-state index in [1.54, 1.807) is 6.92 Å². The number of hydrogen-bond donors (Lipinski definition) is 2. The van der Waals surface area contributed by atoms with E-state index >= 15 is 0 Å². The van der Waals surface area contributed by atoms with Crippen LogP contribution in [-0.2, 0) is 14.8 Å². The maximum atomic E-state index is 12.5. The standard InChI is InChI=1S/C15H18ClN3O4S/c1-10-13(9-17-19(10)11-5-7-23-8-6-11)18-24(21,22)14-4-2-3-12(16)15(14)20/h2-4,9,11,18,20H,5-8H2,1H3. The summed E-state index contributed by atoms with van der Waals surface area (Å²) < 4.78 is 34.7. The molecule has 7 nitrogen and oxygen atoms in total. The van der Waals surface area contributed by atoms with Crippen LogP contribution in [0.4, 0.5) is 5.69 Å². The van der Waals surface area contributed by atoms with E-state index in [2.05, 4.69) is 9.82 Å². The van der Waals surface area contributed by atoms with E-state index in [0.29, 0.717) is 24.6 Å². The summed E-state index contributed by atoms with van der Waals surface area (Å²) in [5.41, 5.74) is 1.09. The molecule has 0 bridgehead atoms. The summed E-state index contributed by atoms with van der Waals surface area (Å²) in [6.07, 6.45) is 3.15. The number of ether oxygens (including phenoxy) is 1. The number of nitrogens with one attached hydrogen (secondary N) is 1. The quantitative estimate of drug-likeness (QED) is 0.861. The summed E-state index contributed by atoms with van der Waals surface area (Å²) in [4.78, 5) is -0.270. The highest BCUT2D eigenvalue weighted by Gasteiger charge is 2.24. The predicted molar refractivity (Wildman–Crippen MR) is 90.0 cm³/mol. The fourth-order valence-electron chi connectivity index (χ4n) is 2.73. The number of benzene rings is 1. The number of aromatic nitrogens is 2. The first kappa shape index (κ1) is 17.1. The molecule has 2 aromatic rings. The number of sulfonamides is 1. The number of nitrogens with zero attached hydrogens (tertiary/aromatic N) is 2. The van der Waals surface area contributed by atoms with Crippen LogP contribution in [0.5, 0.6) is 5.75 Å². The molecule has 0 amide bonds. The molecule has 0 spiro atoms. The molecule has 1 aliphatic rings. The van der Waals surface area contributed by atoms with Crippen molar-refractivity contribution in [2.75, 3.05) is 17.9 Å². The van der Waals surface area contributed by atoms with E-state index < -0.39 is 15.8 Å². The minimum atomic E-state index is -3.97. The predicted octanol–water partition coefficient (Wildman–Crippen LogP) is 2.70. The molecule has 3 rings (SSSR count). The van der Waals surface area contributed by atoms with Gasteiger partial charge in [0.05, 0.1) is 28.6 Å². The van der Waals surface area contributed by atoms with Crippen LogP contribution in [-0.4, -0.2) is 36.5 Å². The molecule has 2 N–H and O–H groups in total. The third kappa shape index (κ3) is 3.22. The molecule has 1 aromatic carbocycles. The summed E-state index contributed by atoms with van der Waals surface area (Å²) in [5, 5.41) is 14.2. The summed E-state index contributed by atoms with van der Waals surface area (Å²) in [5.74, 6) is -0.471. The third-order valence-electron chi connectivity index (χ3n) is 4.06. The minimum absolute atomic E-state index is 0.0208. The second-order valence-electron chi connectivity index (χ2n) is 5.62. The topological polar surface area (TPSA) is 93.5 Å². The van der Waals surface area contributed by atoms with Crippen molar-refractivity contribution in [3.05, 3.63) is 35.1 Å². The largest absolute Gasteiger partial charge is 0.505 e. The van der Waals surface area contributed by atoms with Crippen LogP contribution < -0.4 is 4.72 Å². The van der Waals surface area contributed by atoms with E-state index in [9.17, 15) is 13.5 Å². The van der Waals surface area contributed by atoms with Crippen molar-refractivity contribution in [2.24, 2.45) is 0 Å². The van der Waals surface area contributed by atoms with E-state index in [1.807, 2.05) is 4.68 Å². The summed E-state index contributed by atoms with van der Waals surface area (Å²) >= 11 is 5.79. The second kappa shape index (κ2) is 6.62. The Hall–Kier alpha value is -1.77. The molecule has 0 unspecified atom stereocenters. The number of aromatic hydroxyl groups is 1. The van der Waals surface area contributed by atoms with Gasteiger partial charge in [0.1, 0.15) is 4.90 Å². The van der Waals surface area contributed by atoms with Crippen molar-refractivity contribution >= 4 is 27.3 Å². The van der Waals surface area contributed by atoms with E-state index in [4.69, 9.17) is 16.3 Å². The fraction of sp³-hybridized carbons (Fsp3) is 0.400. The molecule has 0 radical (unpaired) electrons. The monoisotopic (exact) mass is 371 g/mol. The van der Waals surface area contributed by atoms with Crippen LogP contribution in [0, 0.1) is 6.92 Å². The Kier molecular flexibility index (Phi) is 4.71. The van der Waals surface area contributed by atoms with Gasteiger partial charge in [-0.1, -0.05) is 17.7 Å². The Balaban J connectivity index is 1.88. The molecule has 1 saturated heterocycles. The number of phenolic OH excluding ortho intramolecular Hbond substituents is 1. The Morgan fingerprint density at radius 3 is 2.79 bits per heavy atom. The Labute approximate surface area is 145 Å². The first-order valence-corrected chi connectivity index (χ1v) is 9.38. The van der Waals surface area contributed by atoms with E-state index in [-0.39, 0.29) is 16.0 Å². The van der Waals surface area contributed by atoms with Crippen molar-refractivity contribution in [3.63, 3.8) is 0 Å². The average Bonchev–Trinajstić information content (AvgIpc) is 2.91. The van der Waals surface area contributed by atoms with Crippen LogP contribution in [0.2, 0.25) is 5.02 Å². The lowest BCUT2D eigenvalue weighted by Crippen LogP contribution is -2.21. The molecule has 1 fully saturated rings. The number of anilines is 1. The number of halogens is 1. The molecular weight excluding hydrogens is 354 g/mol. The Morgan fingerprint density at radius 2 is 2.08 bits per heavy atom. The SMILES string of the molecule is Cc1c(NS(=O)(=O)c2cccc(Cl)c2O)cnn1C1CCOCC1. The highest BCUT2D eigenvalue weighted by molar-refractivity contribution is 7.92. The lowest BCUT2D eigenvalue weighted by molar-refractivity contribution is 0.0657. The highest BCUT2D eigenvalue weighted by atomic mass is 35.5. The molecule has 0 saturated carbocycles. The number of rotatable bonds is 4. The number of para-hydroxylation sites is 1. The molecule has 1 aliphatic heterocycles. The average molecular weight is 372 g/mol. The zero-order valence-corrected chi connectivity index (χ0v) is 14.6. The molecule has 130 valence electrons. The summed E-state index contributed by atoms with van der Waals surface area (Å²) in [7, 11) is -3.97. The van der Waals surface area contributed by atoms with Gasteiger partial charge in [-0.3, -0.25) is 9.40 Å². The number of hydrogen-bond acceptors (Lipinski definition) is 5. The van der Waals surface area contributed by atoms with Crippen molar-refractivity contribution in [1.82, 2.24) is 9.78 Å². The molecule has 24 heavy (non-hydrogen) atoms. The normalized spacial score (nSPS) is 16.2. The minimum Gasteiger partial charge on any atom is -0.505 e. The second-order valence-corrected chi connectivity index (χ2v) is 7.68. The molecule has 2 heterocycles. The zero-order valence-electron chi connectivity index (χ0n) is 13.1. The fourth-order valence-corrected chi connectivity index (χ4v) is 4.19. The Morgan fingerprint density at radius 1 is 1.38 bits per heavy atom. The van der Waals surface area contributed by atoms with Gasteiger partial charge in [0.25, 0.3) is 10.0 Å². The number of phenols is 1. The van der Waals surface area contributed by atoms with Gasteiger partial charge in [-0.25, -0.2) is 8.42 Å². The van der Waals surface area contributed by atoms with Gasteiger partial charge in [-0.15, -0.1) is 0 Å². The van der Waals surface area contributed by atoms with Crippen molar-refractivity contribution in [1.29, 1.82) is 0 Å². The van der Waals surface area contributed by atoms with Crippen molar-refractivity contribution in [2.45, 2.75) is 30.7 Å². The van der Waals surface area contributed by atoms with Crippen LogP contribution in [0.25, 0.3) is 0 Å². The van der Waals surface area contributed by atoms with Crippen LogP contribution in [0.15, 0.2) is 29.3 Å². The van der Waals surface area contributed by atoms with Gasteiger partial charge in [-0.05, 0) is 31.9 Å². The zero-order chi connectivity index (χ0) is 17.3. The van der Waals surface area contributed by atoms with Crippen LogP contribution >= 0.6 is 11.6 Å². The van der Waals surface area contributed by atoms with Gasteiger partial charge >= 0.3 is 0 Å². The van der Waals surface area contributed by atoms with Gasteiger partial charge in [0.2, 0.25) is 0 Å². The molecule has 1 aromatic heterocycles. The summed E-state index contributed by atoms with van der Waals surface area (Å²) in [6.45, 7) is 3.14. The van der Waals surface area contributed by atoms with E-state index in [1.165, 1.54) is 24.4 Å². The van der Waals surface area contributed by atoms with Gasteiger partial charge < -0.3 is 9.84 Å². The van der Waals surface area contributed by atoms with Crippen LogP contribution in [0.3, 0.4) is 0 Å². The molecular formula is C15H18ClN3O4S. The smallest absolute Gasteiger partial charge is 0.265 e. The Bertz CT molecular complexity index is 844. The van der Waals surface area contributed by atoms with Crippen molar-refractivity contribution in [3.8, 4) is 5.75 Å². The molecule has 0 atom stereocenters.